The van der Waals surface area contributed by atoms with E-state index in [1.807, 2.05) is 0 Å². The van der Waals surface area contributed by atoms with Crippen LogP contribution in [0.15, 0.2) is 364 Å². The van der Waals surface area contributed by atoms with Crippen molar-refractivity contribution in [3.8, 4) is 0 Å². The van der Waals surface area contributed by atoms with Gasteiger partial charge in [0.05, 0.1) is 0 Å². The number of hydrogen-bond donors (Lipinski definition) is 0. The molecule has 0 bridgehead atoms. The van der Waals surface area contributed by atoms with Crippen molar-refractivity contribution in [1.82, 2.24) is 0 Å². The van der Waals surface area contributed by atoms with Crippen LogP contribution in [-0.2, 0) is 37.5 Å². The van der Waals surface area contributed by atoms with Crippen LogP contribution in [-0.4, -0.2) is 0 Å². The number of rotatable bonds is 12. The fourth-order valence-electron chi connectivity index (χ4n) is 8.71. The summed E-state index contributed by atoms with van der Waals surface area (Å²) in [4.78, 5) is 0. The Labute approximate surface area is 516 Å². The third-order valence-corrected chi connectivity index (χ3v) is 21.9. The fourth-order valence-corrected chi connectivity index (χ4v) is 17.9. The summed E-state index contributed by atoms with van der Waals surface area (Å²) in [7, 11) is -1.78. The molecule has 0 radical (unpaired) electrons. The first kappa shape index (κ1) is 62.5. The molecule has 0 nitrogen and oxygen atoms in total. The van der Waals surface area contributed by atoms with Gasteiger partial charge in [0, 0.05) is 20.4 Å². The summed E-state index contributed by atoms with van der Waals surface area (Å²) in [5, 5.41) is 16.8. The molecule has 12 aromatic carbocycles. The number of halogens is 1. The van der Waals surface area contributed by atoms with Gasteiger partial charge in [-0.25, -0.2) is 0 Å². The maximum absolute atomic E-state index is 2.23. The van der Waals surface area contributed by atoms with Gasteiger partial charge in [0.1, 0.15) is 0 Å². The van der Waals surface area contributed by atoms with E-state index < -0.39 is 31.7 Å². The minimum atomic E-state index is -0.446. The van der Waals surface area contributed by atoms with E-state index in [0.29, 0.717) is 0 Å². The quantitative estimate of drug-likeness (QED) is 0.0650. The molecule has 0 atom stereocenters. The van der Waals surface area contributed by atoms with Crippen LogP contribution in [0.5, 0.6) is 0 Å². The second kappa shape index (κ2) is 35.1. The minimum absolute atomic E-state index is 0. The molecule has 0 spiro atoms. The molecule has 0 unspecified atom stereocenters. The zero-order chi connectivity index (χ0) is 51.7. The first-order chi connectivity index (χ1) is 37.8. The van der Waals surface area contributed by atoms with E-state index in [-0.39, 0.29) is 61.5 Å². The first-order valence-corrected chi connectivity index (χ1v) is 31.0. The smallest absolute Gasteiger partial charge is 1.00 e. The van der Waals surface area contributed by atoms with Crippen molar-refractivity contribution < 1.29 is 61.5 Å². The third kappa shape index (κ3) is 18.7. The zero-order valence-corrected chi connectivity index (χ0v) is 51.7. The molecular weight excluding hydrogens is 1290 g/mol. The van der Waals surface area contributed by atoms with Crippen LogP contribution in [0.1, 0.15) is 0 Å². The fraction of sp³-hybridized carbons (Fsp3) is 0. The van der Waals surface area contributed by atoms with E-state index >= 15 is 0 Å². The maximum atomic E-state index is 2.23. The zero-order valence-electron chi connectivity index (χ0n) is 43.4. The Morgan fingerprint density at radius 1 is 0.127 bits per heavy atom. The number of hydrogen-bond acceptors (Lipinski definition) is 0. The Kier molecular flexibility index (Phi) is 27.8. The second-order valence-electron chi connectivity index (χ2n) is 17.4. The van der Waals surface area contributed by atoms with Gasteiger partial charge in [0.2, 0.25) is 0 Å². The second-order valence-corrected chi connectivity index (χ2v) is 26.2. The molecule has 12 aromatic rings. The average Bonchev–Trinajstić information content (AvgIpc) is 3.51. The SMILES string of the molecule is [Cu+].[I-].[Pd].c1ccc(P(c2ccccc2)c2ccccc2)cc1.c1ccc(P(c2ccccc2)c2ccccc2)cc1.c1ccc(P(c2ccccc2)c2ccccc2)cc1.c1ccc(P(c2ccccc2)c2ccccc2)cc1. The molecule has 0 fully saturated rings. The van der Waals surface area contributed by atoms with Crippen LogP contribution in [0.25, 0.3) is 0 Å². The molecular formula is C72H60CuIP4Pd. The van der Waals surface area contributed by atoms with Gasteiger partial charge >= 0.3 is 17.1 Å². The van der Waals surface area contributed by atoms with Crippen molar-refractivity contribution >= 4 is 95.3 Å². The van der Waals surface area contributed by atoms with Crippen molar-refractivity contribution in [1.29, 1.82) is 0 Å². The van der Waals surface area contributed by atoms with Crippen molar-refractivity contribution in [3.05, 3.63) is 364 Å². The summed E-state index contributed by atoms with van der Waals surface area (Å²) < 4.78 is 0. The normalized spacial score (nSPS) is 10.2. The van der Waals surface area contributed by atoms with Gasteiger partial charge in [-0.1, -0.05) is 364 Å². The predicted octanol–water partition coefficient (Wildman–Crippen LogP) is 10.8. The van der Waals surface area contributed by atoms with E-state index in [0.717, 1.165) is 0 Å². The Hall–Kier alpha value is -5.73. The first-order valence-electron chi connectivity index (χ1n) is 25.6. The summed E-state index contributed by atoms with van der Waals surface area (Å²) in [6.07, 6.45) is 0. The van der Waals surface area contributed by atoms with Crippen molar-refractivity contribution in [2.75, 3.05) is 0 Å². The molecule has 0 saturated heterocycles. The molecule has 396 valence electrons. The van der Waals surface area contributed by atoms with E-state index in [2.05, 4.69) is 364 Å². The summed E-state index contributed by atoms with van der Waals surface area (Å²) in [6, 6.07) is 129. The van der Waals surface area contributed by atoms with Crippen LogP contribution in [0.4, 0.5) is 0 Å². The molecule has 0 saturated carbocycles. The van der Waals surface area contributed by atoms with Gasteiger partial charge in [-0.15, -0.1) is 0 Å². The maximum Gasteiger partial charge on any atom is 1.00 e. The molecule has 0 heterocycles. The van der Waals surface area contributed by atoms with Crippen LogP contribution in [0.3, 0.4) is 0 Å². The molecule has 0 N–H and O–H groups in total. The standard InChI is InChI=1S/4C18H15P.Cu.HI.Pd/c4*1-4-10-16(11-5-1)19(17-12-6-2-7-13-17)18-14-8-3-9-15-18;;;/h4*1-15H;;1H;/q;;;;+1;;/p-1. The Balaban J connectivity index is 0.000000168. The Bertz CT molecular complexity index is 2590. The molecule has 7 heteroatoms. The van der Waals surface area contributed by atoms with E-state index in [4.69, 9.17) is 0 Å². The summed E-state index contributed by atoms with van der Waals surface area (Å²) >= 11 is 0. The van der Waals surface area contributed by atoms with Gasteiger partial charge in [-0.05, 0) is 95.3 Å². The molecule has 0 amide bonds. The molecule has 79 heavy (non-hydrogen) atoms. The van der Waals surface area contributed by atoms with Gasteiger partial charge in [0.15, 0.2) is 0 Å². The summed E-state index contributed by atoms with van der Waals surface area (Å²) in [6.45, 7) is 0. The van der Waals surface area contributed by atoms with Crippen molar-refractivity contribution in [2.45, 2.75) is 0 Å². The van der Waals surface area contributed by atoms with Gasteiger partial charge in [-0.3, -0.25) is 0 Å². The molecule has 0 aliphatic carbocycles. The van der Waals surface area contributed by atoms with E-state index in [9.17, 15) is 0 Å². The Morgan fingerprint density at radius 2 is 0.190 bits per heavy atom. The summed E-state index contributed by atoms with van der Waals surface area (Å²) in [5.74, 6) is 0. The third-order valence-electron chi connectivity index (χ3n) is 12.2. The number of benzene rings is 12. The van der Waals surface area contributed by atoms with Crippen LogP contribution in [0.2, 0.25) is 0 Å². The molecule has 0 aromatic heterocycles. The predicted molar refractivity (Wildman–Crippen MR) is 341 cm³/mol. The van der Waals surface area contributed by atoms with Crippen molar-refractivity contribution in [2.24, 2.45) is 0 Å². The topological polar surface area (TPSA) is 0 Å². The average molecular weight is 1350 g/mol. The van der Waals surface area contributed by atoms with Gasteiger partial charge in [-0.2, -0.15) is 0 Å². The van der Waals surface area contributed by atoms with E-state index in [1.165, 1.54) is 63.7 Å². The van der Waals surface area contributed by atoms with Gasteiger partial charge < -0.3 is 24.0 Å². The van der Waals surface area contributed by atoms with E-state index in [1.54, 1.807) is 0 Å². The Morgan fingerprint density at radius 3 is 0.253 bits per heavy atom. The largest absolute Gasteiger partial charge is 1.00 e. The monoisotopic (exact) mass is 1340 g/mol. The minimum Gasteiger partial charge on any atom is -1.00 e. The van der Waals surface area contributed by atoms with Crippen LogP contribution >= 0.6 is 31.7 Å². The van der Waals surface area contributed by atoms with Crippen LogP contribution in [0, 0.1) is 0 Å². The molecule has 0 aliphatic heterocycles. The van der Waals surface area contributed by atoms with Crippen molar-refractivity contribution in [3.63, 3.8) is 0 Å². The van der Waals surface area contributed by atoms with Crippen LogP contribution < -0.4 is 87.6 Å². The molecule has 0 aliphatic rings. The molecule has 12 rings (SSSR count). The summed E-state index contributed by atoms with van der Waals surface area (Å²) in [5.41, 5.74) is 0. The van der Waals surface area contributed by atoms with Gasteiger partial charge in [0.25, 0.3) is 0 Å².